The molecule has 0 unspecified atom stereocenters. The maximum absolute atomic E-state index is 11.0. The molecular weight excluding hydrogens is 216 g/mol. The zero-order chi connectivity index (χ0) is 11.1. The first-order chi connectivity index (χ1) is 6.98. The van der Waals surface area contributed by atoms with E-state index in [2.05, 4.69) is 12.1 Å². The minimum Gasteiger partial charge on any atom is -0.507 e. The number of hydrogen-bond acceptors (Lipinski definition) is 3. The van der Waals surface area contributed by atoms with E-state index in [0.29, 0.717) is 5.39 Å². The van der Waals surface area contributed by atoms with Gasteiger partial charge in [-0.2, -0.15) is 8.42 Å². The van der Waals surface area contributed by atoms with Crippen molar-refractivity contribution in [2.45, 2.75) is 4.90 Å². The molecule has 0 bridgehead atoms. The van der Waals surface area contributed by atoms with Crippen molar-refractivity contribution < 1.29 is 18.1 Å². The van der Waals surface area contributed by atoms with Gasteiger partial charge in [0, 0.05) is 11.5 Å². The number of aromatic hydroxyl groups is 1. The number of rotatable bonds is 1. The van der Waals surface area contributed by atoms with Gasteiger partial charge < -0.3 is 5.11 Å². The van der Waals surface area contributed by atoms with Crippen LogP contribution in [0.15, 0.2) is 29.2 Å². The molecular formula is C10H6O4S. The second kappa shape index (κ2) is 3.22. The van der Waals surface area contributed by atoms with Crippen LogP contribution in [0.1, 0.15) is 0 Å². The Hall–Kier alpha value is -1.59. The van der Waals surface area contributed by atoms with E-state index >= 15 is 0 Å². The molecule has 0 saturated carbocycles. The van der Waals surface area contributed by atoms with Crippen molar-refractivity contribution in [3.8, 4) is 5.75 Å². The fraction of sp³-hybridized carbons (Fsp3) is 0. The fourth-order valence-corrected chi connectivity index (χ4v) is 1.96. The lowest BCUT2D eigenvalue weighted by Gasteiger charge is -2.02. The predicted octanol–water partition coefficient (Wildman–Crippen LogP) is 1.39. The number of benzene rings is 2. The SMILES string of the molecule is O=S(=O)(O)c1cc[c]c2ccc(O)[c]c12. The molecule has 15 heavy (non-hydrogen) atoms. The Balaban J connectivity index is 2.92. The Kier molecular flexibility index (Phi) is 2.13. The third-order valence-electron chi connectivity index (χ3n) is 1.93. The van der Waals surface area contributed by atoms with Gasteiger partial charge in [-0.1, -0.05) is 6.07 Å². The molecule has 4 nitrogen and oxygen atoms in total. The lowest BCUT2D eigenvalue weighted by molar-refractivity contribution is 0.475. The van der Waals surface area contributed by atoms with E-state index in [-0.39, 0.29) is 16.0 Å². The average molecular weight is 222 g/mol. The van der Waals surface area contributed by atoms with Crippen LogP contribution in [-0.4, -0.2) is 18.1 Å². The lowest BCUT2D eigenvalue weighted by Crippen LogP contribution is -1.98. The Bertz CT molecular complexity index is 616. The van der Waals surface area contributed by atoms with Crippen LogP contribution < -0.4 is 0 Å². The van der Waals surface area contributed by atoms with Gasteiger partial charge in [-0.3, -0.25) is 4.55 Å². The van der Waals surface area contributed by atoms with Gasteiger partial charge in [0.2, 0.25) is 0 Å². The molecule has 0 aromatic heterocycles. The van der Waals surface area contributed by atoms with Crippen molar-refractivity contribution in [3.05, 3.63) is 36.4 Å². The summed E-state index contributed by atoms with van der Waals surface area (Å²) >= 11 is 0. The molecule has 0 fully saturated rings. The summed E-state index contributed by atoms with van der Waals surface area (Å²) in [7, 11) is -4.31. The van der Waals surface area contributed by atoms with Crippen molar-refractivity contribution in [1.29, 1.82) is 0 Å². The third kappa shape index (κ3) is 1.79. The summed E-state index contributed by atoms with van der Waals surface area (Å²) < 4.78 is 30.9. The first-order valence-corrected chi connectivity index (χ1v) is 5.46. The van der Waals surface area contributed by atoms with Crippen LogP contribution in [0.4, 0.5) is 0 Å². The highest BCUT2D eigenvalue weighted by molar-refractivity contribution is 7.86. The fourth-order valence-electron chi connectivity index (χ4n) is 1.30. The van der Waals surface area contributed by atoms with Gasteiger partial charge in [0.25, 0.3) is 10.1 Å². The molecule has 0 aliphatic rings. The van der Waals surface area contributed by atoms with E-state index in [1.165, 1.54) is 24.3 Å². The monoisotopic (exact) mass is 222 g/mol. The number of phenolic OH excluding ortho intramolecular Hbond substituents is 1. The quantitative estimate of drug-likeness (QED) is 0.715. The minimum absolute atomic E-state index is 0.125. The molecule has 2 radical (unpaired) electrons. The van der Waals surface area contributed by atoms with Gasteiger partial charge in [0.05, 0.1) is 0 Å². The molecule has 0 heterocycles. The third-order valence-corrected chi connectivity index (χ3v) is 2.82. The molecule has 0 atom stereocenters. The van der Waals surface area contributed by atoms with E-state index in [4.69, 9.17) is 4.55 Å². The molecule has 0 saturated heterocycles. The molecule has 2 rings (SSSR count). The molecule has 0 amide bonds. The van der Waals surface area contributed by atoms with Crippen molar-refractivity contribution in [2.24, 2.45) is 0 Å². The first kappa shape index (κ1) is 9.95. The Morgan fingerprint density at radius 3 is 2.60 bits per heavy atom. The van der Waals surface area contributed by atoms with Crippen molar-refractivity contribution in [1.82, 2.24) is 0 Å². The average Bonchev–Trinajstić information content (AvgIpc) is 2.15. The smallest absolute Gasteiger partial charge is 0.295 e. The normalized spacial score (nSPS) is 11.8. The summed E-state index contributed by atoms with van der Waals surface area (Å²) in [6.07, 6.45) is 0. The van der Waals surface area contributed by atoms with E-state index < -0.39 is 10.1 Å². The van der Waals surface area contributed by atoms with Gasteiger partial charge in [-0.05, 0) is 29.7 Å². The van der Waals surface area contributed by atoms with Crippen molar-refractivity contribution in [3.63, 3.8) is 0 Å². The highest BCUT2D eigenvalue weighted by Gasteiger charge is 2.13. The molecule has 76 valence electrons. The summed E-state index contributed by atoms with van der Waals surface area (Å²) in [5.41, 5.74) is 0. The summed E-state index contributed by atoms with van der Waals surface area (Å²) in [5.74, 6) is -0.188. The second-order valence-corrected chi connectivity index (χ2v) is 4.34. The lowest BCUT2D eigenvalue weighted by atomic mass is 10.1. The highest BCUT2D eigenvalue weighted by atomic mass is 32.2. The van der Waals surface area contributed by atoms with Crippen LogP contribution >= 0.6 is 0 Å². The number of fused-ring (bicyclic) bond motifs is 1. The van der Waals surface area contributed by atoms with Crippen LogP contribution in [0.3, 0.4) is 0 Å². The molecule has 0 aliphatic heterocycles. The maximum Gasteiger partial charge on any atom is 0.295 e. The van der Waals surface area contributed by atoms with Crippen LogP contribution in [0, 0.1) is 12.1 Å². The number of hydrogen-bond donors (Lipinski definition) is 2. The van der Waals surface area contributed by atoms with Crippen LogP contribution in [0.25, 0.3) is 10.8 Å². The van der Waals surface area contributed by atoms with E-state index in [0.717, 1.165) is 0 Å². The van der Waals surface area contributed by atoms with Gasteiger partial charge in [-0.25, -0.2) is 0 Å². The molecule has 0 aliphatic carbocycles. The summed E-state index contributed by atoms with van der Waals surface area (Å²) in [5, 5.41) is 9.76. The van der Waals surface area contributed by atoms with Gasteiger partial charge in [-0.15, -0.1) is 0 Å². The van der Waals surface area contributed by atoms with Crippen LogP contribution in [0.2, 0.25) is 0 Å². The van der Waals surface area contributed by atoms with Gasteiger partial charge in [0.1, 0.15) is 10.6 Å². The topological polar surface area (TPSA) is 74.6 Å². The molecule has 2 aromatic carbocycles. The highest BCUT2D eigenvalue weighted by Crippen LogP contribution is 2.25. The van der Waals surface area contributed by atoms with E-state index in [1.54, 1.807) is 0 Å². The molecule has 5 heteroatoms. The Labute approximate surface area is 86.5 Å². The zero-order valence-electron chi connectivity index (χ0n) is 7.43. The zero-order valence-corrected chi connectivity index (χ0v) is 8.25. The Morgan fingerprint density at radius 1 is 1.20 bits per heavy atom. The molecule has 2 aromatic rings. The second-order valence-electron chi connectivity index (χ2n) is 2.95. The molecule has 2 N–H and O–H groups in total. The van der Waals surface area contributed by atoms with E-state index in [1.807, 2.05) is 0 Å². The van der Waals surface area contributed by atoms with Crippen LogP contribution in [-0.2, 0) is 10.1 Å². The number of phenols is 1. The standard InChI is InChI=1S/C10H6O4S/c11-8-5-4-7-2-1-3-10(9(7)6-8)15(12,13)14/h1,3-5,11H,(H,12,13,14). The summed E-state index contributed by atoms with van der Waals surface area (Å²) in [4.78, 5) is -0.285. The minimum atomic E-state index is -4.31. The largest absolute Gasteiger partial charge is 0.507 e. The van der Waals surface area contributed by atoms with Crippen molar-refractivity contribution in [2.75, 3.05) is 0 Å². The van der Waals surface area contributed by atoms with Crippen LogP contribution in [0.5, 0.6) is 5.75 Å². The summed E-state index contributed by atoms with van der Waals surface area (Å²) in [6, 6.07) is 10.7. The summed E-state index contributed by atoms with van der Waals surface area (Å²) in [6.45, 7) is 0. The van der Waals surface area contributed by atoms with E-state index in [9.17, 15) is 13.5 Å². The molecule has 0 spiro atoms. The maximum atomic E-state index is 11.0. The predicted molar refractivity (Wildman–Crippen MR) is 53.1 cm³/mol. The van der Waals surface area contributed by atoms with Gasteiger partial charge in [0.15, 0.2) is 0 Å². The Morgan fingerprint density at radius 2 is 1.93 bits per heavy atom. The first-order valence-electron chi connectivity index (χ1n) is 4.02. The van der Waals surface area contributed by atoms with Crippen molar-refractivity contribution >= 4 is 20.9 Å². The van der Waals surface area contributed by atoms with Gasteiger partial charge >= 0.3 is 0 Å².